The summed E-state index contributed by atoms with van der Waals surface area (Å²) in [5.41, 5.74) is 8.45. The Morgan fingerprint density at radius 3 is 2.74 bits per heavy atom. The van der Waals surface area contributed by atoms with E-state index in [1.54, 1.807) is 0 Å². The lowest BCUT2D eigenvalue weighted by Gasteiger charge is -2.10. The standard InChI is InChI=1S/C13H18N4OS/c1-5-6(2)15-12(18)11-10(14)9-7(3)8(4)16-17-13(9)19-11/h6H,5,14H2,1-4H3,(H,15,18). The molecule has 1 unspecified atom stereocenters. The zero-order chi connectivity index (χ0) is 14.2. The number of nitrogen functional groups attached to an aromatic ring is 1. The SMILES string of the molecule is CCC(C)NC(=O)c1sc2nnc(C)c(C)c2c1N. The van der Waals surface area contributed by atoms with Gasteiger partial charge in [-0.2, -0.15) is 5.10 Å². The molecule has 102 valence electrons. The van der Waals surface area contributed by atoms with E-state index in [9.17, 15) is 4.79 Å². The summed E-state index contributed by atoms with van der Waals surface area (Å²) in [5, 5.41) is 12.0. The van der Waals surface area contributed by atoms with Crippen LogP contribution in [0.25, 0.3) is 10.2 Å². The maximum Gasteiger partial charge on any atom is 0.263 e. The van der Waals surface area contributed by atoms with Crippen molar-refractivity contribution in [1.82, 2.24) is 15.5 Å². The Labute approximate surface area is 116 Å². The number of nitrogens with two attached hydrogens (primary N) is 1. The number of aromatic nitrogens is 2. The lowest BCUT2D eigenvalue weighted by molar-refractivity contribution is 0.0944. The second kappa shape index (κ2) is 5.13. The zero-order valence-corrected chi connectivity index (χ0v) is 12.4. The summed E-state index contributed by atoms with van der Waals surface area (Å²) in [7, 11) is 0. The van der Waals surface area contributed by atoms with Gasteiger partial charge in [-0.1, -0.05) is 6.92 Å². The minimum atomic E-state index is -0.132. The molecular weight excluding hydrogens is 260 g/mol. The number of rotatable bonds is 3. The van der Waals surface area contributed by atoms with Crippen LogP contribution < -0.4 is 11.1 Å². The van der Waals surface area contributed by atoms with E-state index in [0.717, 1.165) is 27.9 Å². The van der Waals surface area contributed by atoms with E-state index in [4.69, 9.17) is 5.73 Å². The van der Waals surface area contributed by atoms with Crippen molar-refractivity contribution < 1.29 is 4.79 Å². The van der Waals surface area contributed by atoms with Crippen LogP contribution in [0.5, 0.6) is 0 Å². The minimum absolute atomic E-state index is 0.131. The maximum absolute atomic E-state index is 12.2. The molecule has 2 heterocycles. The number of hydrogen-bond donors (Lipinski definition) is 2. The number of aryl methyl sites for hydroxylation is 2. The minimum Gasteiger partial charge on any atom is -0.397 e. The quantitative estimate of drug-likeness (QED) is 0.903. The fourth-order valence-electron chi connectivity index (χ4n) is 1.80. The topological polar surface area (TPSA) is 80.9 Å². The summed E-state index contributed by atoms with van der Waals surface area (Å²) < 4.78 is 0. The Morgan fingerprint density at radius 1 is 1.42 bits per heavy atom. The van der Waals surface area contributed by atoms with Crippen molar-refractivity contribution >= 4 is 33.1 Å². The van der Waals surface area contributed by atoms with Crippen LogP contribution in [0.15, 0.2) is 0 Å². The number of nitrogens with zero attached hydrogens (tertiary/aromatic N) is 2. The van der Waals surface area contributed by atoms with Crippen molar-refractivity contribution in [3.63, 3.8) is 0 Å². The van der Waals surface area contributed by atoms with Crippen LogP contribution in [0.3, 0.4) is 0 Å². The molecule has 0 bridgehead atoms. The Balaban J connectivity index is 2.48. The fourth-order valence-corrected chi connectivity index (χ4v) is 2.80. The predicted octanol–water partition coefficient (Wildman–Crippen LogP) is 2.42. The molecule has 2 rings (SSSR count). The average molecular weight is 278 g/mol. The third-order valence-corrected chi connectivity index (χ3v) is 4.42. The van der Waals surface area contributed by atoms with Crippen LogP contribution in [-0.4, -0.2) is 22.1 Å². The summed E-state index contributed by atoms with van der Waals surface area (Å²) in [4.78, 5) is 13.4. The van der Waals surface area contributed by atoms with E-state index in [1.807, 2.05) is 27.7 Å². The van der Waals surface area contributed by atoms with E-state index in [1.165, 1.54) is 11.3 Å². The van der Waals surface area contributed by atoms with Crippen LogP contribution in [0, 0.1) is 13.8 Å². The van der Waals surface area contributed by atoms with Gasteiger partial charge in [0, 0.05) is 11.4 Å². The Kier molecular flexibility index (Phi) is 3.71. The lowest BCUT2D eigenvalue weighted by Crippen LogP contribution is -2.31. The predicted molar refractivity (Wildman–Crippen MR) is 78.5 cm³/mol. The molecule has 0 radical (unpaired) electrons. The van der Waals surface area contributed by atoms with E-state index in [0.29, 0.717) is 10.6 Å². The van der Waals surface area contributed by atoms with Crippen LogP contribution in [-0.2, 0) is 0 Å². The first-order valence-electron chi connectivity index (χ1n) is 6.28. The third-order valence-electron chi connectivity index (χ3n) is 3.33. The summed E-state index contributed by atoms with van der Waals surface area (Å²) in [6, 6.07) is 0.131. The van der Waals surface area contributed by atoms with Gasteiger partial charge in [-0.15, -0.1) is 16.4 Å². The van der Waals surface area contributed by atoms with Gasteiger partial charge in [0.05, 0.1) is 11.4 Å². The highest BCUT2D eigenvalue weighted by Crippen LogP contribution is 2.34. The number of hydrogen-bond acceptors (Lipinski definition) is 5. The van der Waals surface area contributed by atoms with Crippen molar-refractivity contribution in [2.45, 2.75) is 40.2 Å². The van der Waals surface area contributed by atoms with E-state index < -0.39 is 0 Å². The number of thiophene rings is 1. The highest BCUT2D eigenvalue weighted by atomic mass is 32.1. The van der Waals surface area contributed by atoms with E-state index >= 15 is 0 Å². The number of carbonyl (C=O) groups excluding carboxylic acids is 1. The molecule has 5 nitrogen and oxygen atoms in total. The van der Waals surface area contributed by atoms with Crippen molar-refractivity contribution in [1.29, 1.82) is 0 Å². The Morgan fingerprint density at radius 2 is 2.11 bits per heavy atom. The second-order valence-electron chi connectivity index (χ2n) is 4.72. The summed E-state index contributed by atoms with van der Waals surface area (Å²) in [6.45, 7) is 7.83. The van der Waals surface area contributed by atoms with Gasteiger partial charge in [0.1, 0.15) is 9.71 Å². The van der Waals surface area contributed by atoms with Crippen LogP contribution >= 0.6 is 11.3 Å². The molecule has 3 N–H and O–H groups in total. The van der Waals surface area contributed by atoms with Crippen molar-refractivity contribution in [2.75, 3.05) is 5.73 Å². The lowest BCUT2D eigenvalue weighted by atomic mass is 10.1. The summed E-state index contributed by atoms with van der Waals surface area (Å²) in [5.74, 6) is -0.132. The first-order valence-corrected chi connectivity index (χ1v) is 7.10. The molecule has 1 amide bonds. The van der Waals surface area contributed by atoms with Gasteiger partial charge in [-0.05, 0) is 32.8 Å². The molecule has 19 heavy (non-hydrogen) atoms. The summed E-state index contributed by atoms with van der Waals surface area (Å²) >= 11 is 1.30. The molecule has 0 spiro atoms. The number of fused-ring (bicyclic) bond motifs is 1. The molecule has 2 aromatic heterocycles. The van der Waals surface area contributed by atoms with E-state index in [-0.39, 0.29) is 11.9 Å². The van der Waals surface area contributed by atoms with Crippen molar-refractivity contribution in [3.05, 3.63) is 16.1 Å². The molecule has 0 aromatic carbocycles. The highest BCUT2D eigenvalue weighted by molar-refractivity contribution is 7.21. The fraction of sp³-hybridized carbons (Fsp3) is 0.462. The number of amides is 1. The maximum atomic E-state index is 12.2. The van der Waals surface area contributed by atoms with Crippen molar-refractivity contribution in [3.8, 4) is 0 Å². The molecule has 1 atom stereocenters. The van der Waals surface area contributed by atoms with Gasteiger partial charge >= 0.3 is 0 Å². The monoisotopic (exact) mass is 278 g/mol. The first-order chi connectivity index (χ1) is 8.95. The molecule has 6 heteroatoms. The van der Waals surface area contributed by atoms with Gasteiger partial charge in [0.15, 0.2) is 0 Å². The summed E-state index contributed by atoms with van der Waals surface area (Å²) in [6.07, 6.45) is 0.883. The number of anilines is 1. The van der Waals surface area contributed by atoms with Crippen molar-refractivity contribution in [2.24, 2.45) is 0 Å². The Hall–Kier alpha value is -1.69. The molecule has 0 aliphatic rings. The normalized spacial score (nSPS) is 12.6. The van der Waals surface area contributed by atoms with Gasteiger partial charge in [0.25, 0.3) is 5.91 Å². The molecule has 2 aromatic rings. The highest BCUT2D eigenvalue weighted by Gasteiger charge is 2.20. The van der Waals surface area contributed by atoms with E-state index in [2.05, 4.69) is 15.5 Å². The van der Waals surface area contributed by atoms with Gasteiger partial charge < -0.3 is 11.1 Å². The molecule has 0 aliphatic heterocycles. The number of nitrogens with one attached hydrogen (secondary N) is 1. The third kappa shape index (κ3) is 2.40. The zero-order valence-electron chi connectivity index (χ0n) is 11.6. The molecule has 0 aliphatic carbocycles. The van der Waals surface area contributed by atoms with Crippen LogP contribution in [0.4, 0.5) is 5.69 Å². The van der Waals surface area contributed by atoms with Gasteiger partial charge in [-0.3, -0.25) is 4.79 Å². The molecule has 0 saturated carbocycles. The molecular formula is C13H18N4OS. The molecule has 0 fully saturated rings. The second-order valence-corrected chi connectivity index (χ2v) is 5.72. The first kappa shape index (κ1) is 13.7. The molecule has 0 saturated heterocycles. The smallest absolute Gasteiger partial charge is 0.263 e. The largest absolute Gasteiger partial charge is 0.397 e. The number of carbonyl (C=O) groups is 1. The average Bonchev–Trinajstić information content (AvgIpc) is 2.72. The van der Waals surface area contributed by atoms with Gasteiger partial charge in [-0.25, -0.2) is 0 Å². The Bertz CT molecular complexity index is 635. The van der Waals surface area contributed by atoms with Crippen LogP contribution in [0.1, 0.15) is 41.2 Å². The van der Waals surface area contributed by atoms with Crippen LogP contribution in [0.2, 0.25) is 0 Å². The van der Waals surface area contributed by atoms with Gasteiger partial charge in [0.2, 0.25) is 0 Å².